The Hall–Kier alpha value is -5.92. The molecule has 0 aromatic heterocycles. The fourth-order valence-corrected chi connectivity index (χ4v) is 7.65. The summed E-state index contributed by atoms with van der Waals surface area (Å²) in [5.74, 6) is 0. The third-order valence-electron chi connectivity index (χ3n) is 10.2. The first-order valence-corrected chi connectivity index (χ1v) is 16.8. The first-order valence-electron chi connectivity index (χ1n) is 16.8. The lowest BCUT2D eigenvalue weighted by atomic mass is 9.82. The zero-order valence-corrected chi connectivity index (χ0v) is 27.2. The van der Waals surface area contributed by atoms with E-state index >= 15 is 0 Å². The van der Waals surface area contributed by atoms with E-state index in [1.165, 1.54) is 66.1 Å². The highest BCUT2D eigenvalue weighted by molar-refractivity contribution is 5.95. The summed E-state index contributed by atoms with van der Waals surface area (Å²) in [5, 5.41) is 4.98. The number of hydrogen-bond acceptors (Lipinski definition) is 1. The van der Waals surface area contributed by atoms with Gasteiger partial charge in [-0.1, -0.05) is 141 Å². The molecule has 1 nitrogen and oxygen atoms in total. The van der Waals surface area contributed by atoms with Crippen LogP contribution in [0.3, 0.4) is 0 Å². The Morgan fingerprint density at radius 3 is 1.62 bits per heavy atom. The maximum atomic E-state index is 2.40. The summed E-state index contributed by atoms with van der Waals surface area (Å²) in [7, 11) is 0. The highest BCUT2D eigenvalue weighted by Gasteiger charge is 2.35. The SMILES string of the molecule is CC1(C)c2ccccc2-c2cc(N(c3ccc(-c4ccccc4)cc3)c3ccc4cc(-c5ccc6ccccc6c5)ccc4c3)ccc21. The van der Waals surface area contributed by atoms with Crippen molar-refractivity contribution >= 4 is 38.6 Å². The smallest absolute Gasteiger partial charge is 0.0468 e. The van der Waals surface area contributed by atoms with Gasteiger partial charge in [-0.25, -0.2) is 0 Å². The summed E-state index contributed by atoms with van der Waals surface area (Å²) < 4.78 is 0. The molecular weight excluding hydrogens is 579 g/mol. The molecule has 1 heteroatoms. The molecule has 0 radical (unpaired) electrons. The van der Waals surface area contributed by atoms with Gasteiger partial charge >= 0.3 is 0 Å². The number of nitrogens with zero attached hydrogens (tertiary/aromatic N) is 1. The summed E-state index contributed by atoms with van der Waals surface area (Å²) >= 11 is 0. The van der Waals surface area contributed by atoms with Crippen LogP contribution < -0.4 is 4.90 Å². The Labute approximate surface area is 282 Å². The van der Waals surface area contributed by atoms with Crippen molar-refractivity contribution in [1.29, 1.82) is 0 Å². The van der Waals surface area contributed by atoms with Gasteiger partial charge in [0.15, 0.2) is 0 Å². The highest BCUT2D eigenvalue weighted by atomic mass is 15.1. The van der Waals surface area contributed by atoms with Crippen LogP contribution in [0.15, 0.2) is 176 Å². The van der Waals surface area contributed by atoms with Crippen molar-refractivity contribution < 1.29 is 0 Å². The van der Waals surface area contributed by atoms with Crippen LogP contribution in [0.2, 0.25) is 0 Å². The quantitative estimate of drug-likeness (QED) is 0.187. The predicted molar refractivity (Wildman–Crippen MR) is 205 cm³/mol. The van der Waals surface area contributed by atoms with Crippen LogP contribution in [0, 0.1) is 0 Å². The van der Waals surface area contributed by atoms with Crippen molar-refractivity contribution in [3.8, 4) is 33.4 Å². The second-order valence-corrected chi connectivity index (χ2v) is 13.5. The van der Waals surface area contributed by atoms with Gasteiger partial charge in [-0.15, -0.1) is 0 Å². The molecule has 0 N–H and O–H groups in total. The fraction of sp³-hybridized carbons (Fsp3) is 0.0638. The van der Waals surface area contributed by atoms with Gasteiger partial charge in [0, 0.05) is 22.5 Å². The molecule has 0 saturated carbocycles. The third kappa shape index (κ3) is 4.70. The van der Waals surface area contributed by atoms with E-state index in [2.05, 4.69) is 195 Å². The molecule has 0 bridgehead atoms. The van der Waals surface area contributed by atoms with Gasteiger partial charge < -0.3 is 4.90 Å². The number of benzene rings is 8. The van der Waals surface area contributed by atoms with Gasteiger partial charge in [-0.2, -0.15) is 0 Å². The Morgan fingerprint density at radius 1 is 0.333 bits per heavy atom. The zero-order chi connectivity index (χ0) is 32.2. The first-order chi connectivity index (χ1) is 23.5. The molecule has 0 spiro atoms. The molecule has 0 fully saturated rings. The standard InChI is InChI=1S/C47H35N/c1-47(2)45-15-9-8-14-43(45)44-31-42(26-27-46(44)47)48(40-23-20-34(21-24-40)32-10-4-3-5-11-32)41-25-22-38-29-37(18-19-39(38)30-41)36-17-16-33-12-6-7-13-35(33)28-36/h3-31H,1-2H3. The zero-order valence-electron chi connectivity index (χ0n) is 27.2. The van der Waals surface area contributed by atoms with Crippen LogP contribution in [0.25, 0.3) is 54.9 Å². The molecule has 0 unspecified atom stereocenters. The molecule has 0 atom stereocenters. The van der Waals surface area contributed by atoms with Crippen LogP contribution in [-0.2, 0) is 5.41 Å². The Morgan fingerprint density at radius 2 is 0.833 bits per heavy atom. The van der Waals surface area contributed by atoms with E-state index in [0.29, 0.717) is 0 Å². The topological polar surface area (TPSA) is 3.24 Å². The number of rotatable bonds is 5. The summed E-state index contributed by atoms with van der Waals surface area (Å²) in [6.45, 7) is 4.68. The minimum absolute atomic E-state index is 0.0294. The Kier molecular flexibility index (Phi) is 6.55. The van der Waals surface area contributed by atoms with E-state index in [1.807, 2.05) is 0 Å². The molecule has 0 aliphatic heterocycles. The van der Waals surface area contributed by atoms with Gasteiger partial charge in [0.1, 0.15) is 0 Å². The van der Waals surface area contributed by atoms with Crippen molar-refractivity contribution in [2.75, 3.05) is 4.90 Å². The van der Waals surface area contributed by atoms with Crippen molar-refractivity contribution in [2.45, 2.75) is 19.3 Å². The molecule has 8 aromatic carbocycles. The summed E-state index contributed by atoms with van der Waals surface area (Å²) in [6.07, 6.45) is 0. The average Bonchev–Trinajstić information content (AvgIpc) is 3.37. The van der Waals surface area contributed by atoms with Crippen molar-refractivity contribution in [2.24, 2.45) is 0 Å². The molecule has 1 aliphatic carbocycles. The molecule has 1 aliphatic rings. The van der Waals surface area contributed by atoms with Crippen LogP contribution in [0.1, 0.15) is 25.0 Å². The molecule has 228 valence electrons. The van der Waals surface area contributed by atoms with E-state index < -0.39 is 0 Å². The third-order valence-corrected chi connectivity index (χ3v) is 10.2. The lowest BCUT2D eigenvalue weighted by Gasteiger charge is -2.27. The molecule has 48 heavy (non-hydrogen) atoms. The number of fused-ring (bicyclic) bond motifs is 5. The lowest BCUT2D eigenvalue weighted by Crippen LogP contribution is -2.15. The van der Waals surface area contributed by atoms with Gasteiger partial charge in [0.2, 0.25) is 0 Å². The first kappa shape index (κ1) is 28.3. The van der Waals surface area contributed by atoms with Crippen molar-refractivity contribution in [3.05, 3.63) is 187 Å². The molecule has 8 aromatic rings. The van der Waals surface area contributed by atoms with E-state index in [0.717, 1.165) is 17.1 Å². The normalized spacial score (nSPS) is 13.0. The molecular formula is C47H35N. The summed E-state index contributed by atoms with van der Waals surface area (Å²) in [4.78, 5) is 2.40. The maximum absolute atomic E-state index is 2.40. The monoisotopic (exact) mass is 613 g/mol. The van der Waals surface area contributed by atoms with E-state index in [1.54, 1.807) is 0 Å². The van der Waals surface area contributed by atoms with Crippen LogP contribution in [-0.4, -0.2) is 0 Å². The fourth-order valence-electron chi connectivity index (χ4n) is 7.65. The number of hydrogen-bond donors (Lipinski definition) is 0. The second kappa shape index (κ2) is 11.1. The second-order valence-electron chi connectivity index (χ2n) is 13.5. The van der Waals surface area contributed by atoms with Crippen molar-refractivity contribution in [1.82, 2.24) is 0 Å². The van der Waals surface area contributed by atoms with Gasteiger partial charge in [0.25, 0.3) is 0 Å². The lowest BCUT2D eigenvalue weighted by molar-refractivity contribution is 0.660. The van der Waals surface area contributed by atoms with Gasteiger partial charge in [0.05, 0.1) is 0 Å². The molecule has 0 amide bonds. The highest BCUT2D eigenvalue weighted by Crippen LogP contribution is 2.50. The predicted octanol–water partition coefficient (Wildman–Crippen LogP) is 13.1. The Balaban J connectivity index is 1.16. The van der Waals surface area contributed by atoms with Crippen LogP contribution >= 0.6 is 0 Å². The average molecular weight is 614 g/mol. The van der Waals surface area contributed by atoms with Gasteiger partial charge in [-0.3, -0.25) is 0 Å². The van der Waals surface area contributed by atoms with E-state index in [4.69, 9.17) is 0 Å². The summed E-state index contributed by atoms with van der Waals surface area (Å²) in [5.41, 5.74) is 13.7. The molecule has 0 heterocycles. The number of anilines is 3. The summed E-state index contributed by atoms with van der Waals surface area (Å²) in [6, 6.07) is 64.5. The maximum Gasteiger partial charge on any atom is 0.0468 e. The van der Waals surface area contributed by atoms with Crippen LogP contribution in [0.5, 0.6) is 0 Å². The molecule has 9 rings (SSSR count). The molecule has 0 saturated heterocycles. The van der Waals surface area contributed by atoms with Crippen molar-refractivity contribution in [3.63, 3.8) is 0 Å². The Bertz CT molecular complexity index is 2470. The van der Waals surface area contributed by atoms with Crippen LogP contribution in [0.4, 0.5) is 17.1 Å². The van der Waals surface area contributed by atoms with E-state index in [9.17, 15) is 0 Å². The minimum Gasteiger partial charge on any atom is -0.310 e. The minimum atomic E-state index is -0.0294. The van der Waals surface area contributed by atoms with E-state index in [-0.39, 0.29) is 5.41 Å². The largest absolute Gasteiger partial charge is 0.310 e. The van der Waals surface area contributed by atoms with Gasteiger partial charge in [-0.05, 0) is 115 Å².